The lowest BCUT2D eigenvalue weighted by Gasteiger charge is -2.04. The summed E-state index contributed by atoms with van der Waals surface area (Å²) in [7, 11) is 0. The summed E-state index contributed by atoms with van der Waals surface area (Å²) < 4.78 is 0.775. The molecule has 80 valence electrons. The molecule has 3 heteroatoms. The van der Waals surface area contributed by atoms with E-state index in [0.717, 1.165) is 10.3 Å². The van der Waals surface area contributed by atoms with Crippen LogP contribution in [0, 0.1) is 5.21 Å². The normalized spacial score (nSPS) is 11.4. The summed E-state index contributed by atoms with van der Waals surface area (Å²) in [6.45, 7) is 0. The van der Waals surface area contributed by atoms with E-state index in [1.165, 1.54) is 6.21 Å². The minimum Gasteiger partial charge on any atom is -0.618 e. The predicted molar refractivity (Wildman–Crippen MR) is 66.3 cm³/mol. The lowest BCUT2D eigenvalue weighted by atomic mass is 10.2. The van der Waals surface area contributed by atoms with Crippen LogP contribution in [0.4, 0.5) is 5.69 Å². The molecule has 0 saturated heterocycles. The fourth-order valence-corrected chi connectivity index (χ4v) is 1.59. The van der Waals surface area contributed by atoms with Crippen LogP contribution in [0.5, 0.6) is 0 Å². The Morgan fingerprint density at radius 3 is 2.25 bits per heavy atom. The Labute approximate surface area is 99.0 Å². The molecule has 0 unspecified atom stereocenters. The first-order valence-electron chi connectivity index (χ1n) is 4.88. The van der Waals surface area contributed by atoms with Crippen molar-refractivity contribution in [3.63, 3.8) is 0 Å². The summed E-state index contributed by atoms with van der Waals surface area (Å²) in [6.07, 6.45) is 1.50. The molecule has 2 nitrogen and oxygen atoms in total. The molecular weight excluding hydrogens is 222 g/mol. The molecule has 0 heterocycles. The Morgan fingerprint density at radius 2 is 1.56 bits per heavy atom. The van der Waals surface area contributed by atoms with E-state index < -0.39 is 0 Å². The van der Waals surface area contributed by atoms with Gasteiger partial charge in [0.15, 0.2) is 6.21 Å². The van der Waals surface area contributed by atoms with Gasteiger partial charge in [0.1, 0.15) is 5.02 Å². The first-order chi connectivity index (χ1) is 7.77. The second kappa shape index (κ2) is 4.81. The van der Waals surface area contributed by atoms with Crippen LogP contribution < -0.4 is 0 Å². The molecule has 0 N–H and O–H groups in total. The van der Waals surface area contributed by atoms with Gasteiger partial charge >= 0.3 is 0 Å². The van der Waals surface area contributed by atoms with Crippen molar-refractivity contribution < 1.29 is 4.74 Å². The number of hydrogen-bond donors (Lipinski definition) is 0. The maximum atomic E-state index is 11.8. The number of nitrogens with zero attached hydrogens (tertiary/aromatic N) is 1. The highest BCUT2D eigenvalue weighted by molar-refractivity contribution is 6.32. The number of para-hydroxylation sites is 1. The molecule has 0 atom stereocenters. The molecule has 0 saturated carbocycles. The second-order valence-corrected chi connectivity index (χ2v) is 3.72. The number of rotatable bonds is 2. The Balaban J connectivity index is 2.36. The molecule has 0 bridgehead atoms. The van der Waals surface area contributed by atoms with Gasteiger partial charge in [0, 0.05) is 11.6 Å². The standard InChI is InChI=1S/C13H10ClNO/c14-12-8-4-5-9-13(12)15(16)10-11-6-2-1-3-7-11/h1-10H. The van der Waals surface area contributed by atoms with E-state index in [1.807, 2.05) is 30.3 Å². The van der Waals surface area contributed by atoms with Crippen molar-refractivity contribution in [3.05, 3.63) is 70.4 Å². The van der Waals surface area contributed by atoms with Crippen molar-refractivity contribution in [2.75, 3.05) is 0 Å². The lowest BCUT2D eigenvalue weighted by Crippen LogP contribution is -1.98. The molecule has 0 aromatic heterocycles. The first kappa shape index (κ1) is 10.7. The monoisotopic (exact) mass is 231 g/mol. The Morgan fingerprint density at radius 1 is 0.938 bits per heavy atom. The van der Waals surface area contributed by atoms with E-state index in [9.17, 15) is 5.21 Å². The van der Waals surface area contributed by atoms with Crippen LogP contribution >= 0.6 is 11.6 Å². The van der Waals surface area contributed by atoms with Gasteiger partial charge in [-0.15, -0.1) is 0 Å². The predicted octanol–water partition coefficient (Wildman–Crippen LogP) is 3.60. The highest BCUT2D eigenvalue weighted by Crippen LogP contribution is 2.22. The minimum atomic E-state index is 0.449. The van der Waals surface area contributed by atoms with Gasteiger partial charge in [0.25, 0.3) is 0 Å². The summed E-state index contributed by atoms with van der Waals surface area (Å²) in [5.41, 5.74) is 1.30. The SMILES string of the molecule is [O-][N+](=Cc1ccccc1)c1ccccc1Cl. The van der Waals surface area contributed by atoms with E-state index >= 15 is 0 Å². The zero-order chi connectivity index (χ0) is 11.4. The molecule has 0 fully saturated rings. The van der Waals surface area contributed by atoms with Crippen LogP contribution in [-0.2, 0) is 0 Å². The maximum Gasteiger partial charge on any atom is 0.235 e. The van der Waals surface area contributed by atoms with Gasteiger partial charge in [0.05, 0.1) is 0 Å². The van der Waals surface area contributed by atoms with Gasteiger partial charge in [0.2, 0.25) is 5.69 Å². The smallest absolute Gasteiger partial charge is 0.235 e. The molecule has 16 heavy (non-hydrogen) atoms. The van der Waals surface area contributed by atoms with Crippen molar-refractivity contribution in [1.29, 1.82) is 0 Å². The molecule has 2 aromatic carbocycles. The quantitative estimate of drug-likeness (QED) is 0.336. The fraction of sp³-hybridized carbons (Fsp3) is 0. The number of benzene rings is 2. The van der Waals surface area contributed by atoms with Crippen molar-refractivity contribution >= 4 is 23.5 Å². The van der Waals surface area contributed by atoms with Gasteiger partial charge in [-0.05, 0) is 18.2 Å². The second-order valence-electron chi connectivity index (χ2n) is 3.32. The molecule has 0 amide bonds. The van der Waals surface area contributed by atoms with Gasteiger partial charge in [-0.25, -0.2) is 0 Å². The van der Waals surface area contributed by atoms with Crippen LogP contribution in [0.3, 0.4) is 0 Å². The number of halogens is 1. The zero-order valence-electron chi connectivity index (χ0n) is 8.51. The molecule has 0 aliphatic carbocycles. The molecule has 0 aliphatic heterocycles. The number of hydrogen-bond acceptors (Lipinski definition) is 1. The molecule has 2 aromatic rings. The Bertz CT molecular complexity index is 508. The van der Waals surface area contributed by atoms with Crippen molar-refractivity contribution in [2.45, 2.75) is 0 Å². The topological polar surface area (TPSA) is 26.1 Å². The molecule has 0 spiro atoms. The van der Waals surface area contributed by atoms with Crippen LogP contribution in [0.15, 0.2) is 54.6 Å². The van der Waals surface area contributed by atoms with Crippen LogP contribution in [0.1, 0.15) is 5.56 Å². The summed E-state index contributed by atoms with van der Waals surface area (Å²) in [4.78, 5) is 0. The van der Waals surface area contributed by atoms with Crippen LogP contribution in [0.2, 0.25) is 5.02 Å². The largest absolute Gasteiger partial charge is 0.618 e. The van der Waals surface area contributed by atoms with Crippen molar-refractivity contribution in [2.24, 2.45) is 0 Å². The highest BCUT2D eigenvalue weighted by atomic mass is 35.5. The van der Waals surface area contributed by atoms with Gasteiger partial charge in [-0.2, -0.15) is 4.74 Å². The summed E-state index contributed by atoms with van der Waals surface area (Å²) in [5, 5.41) is 12.3. The third kappa shape index (κ3) is 2.41. The minimum absolute atomic E-state index is 0.449. The average Bonchev–Trinajstić information content (AvgIpc) is 2.31. The first-order valence-corrected chi connectivity index (χ1v) is 5.26. The van der Waals surface area contributed by atoms with Crippen molar-refractivity contribution in [1.82, 2.24) is 0 Å². The zero-order valence-corrected chi connectivity index (χ0v) is 9.26. The third-order valence-corrected chi connectivity index (χ3v) is 2.48. The molecule has 0 aliphatic rings. The maximum absolute atomic E-state index is 11.8. The van der Waals surface area contributed by atoms with E-state index in [4.69, 9.17) is 11.6 Å². The Hall–Kier alpha value is -1.80. The van der Waals surface area contributed by atoms with Crippen LogP contribution in [0.25, 0.3) is 0 Å². The molecule has 2 rings (SSSR count). The van der Waals surface area contributed by atoms with E-state index in [1.54, 1.807) is 24.3 Å². The van der Waals surface area contributed by atoms with Gasteiger partial charge in [-0.3, -0.25) is 0 Å². The lowest BCUT2D eigenvalue weighted by molar-refractivity contribution is -0.354. The van der Waals surface area contributed by atoms with E-state index in [2.05, 4.69) is 0 Å². The average molecular weight is 232 g/mol. The van der Waals surface area contributed by atoms with Gasteiger partial charge in [-0.1, -0.05) is 41.9 Å². The van der Waals surface area contributed by atoms with Crippen LogP contribution in [-0.4, -0.2) is 11.0 Å². The Kier molecular flexibility index (Phi) is 3.22. The fourth-order valence-electron chi connectivity index (χ4n) is 1.37. The third-order valence-electron chi connectivity index (χ3n) is 2.16. The van der Waals surface area contributed by atoms with E-state index in [0.29, 0.717) is 10.7 Å². The molecular formula is C13H10ClNO. The summed E-state index contributed by atoms with van der Waals surface area (Å²) in [6, 6.07) is 16.4. The van der Waals surface area contributed by atoms with Gasteiger partial charge < -0.3 is 5.21 Å². The highest BCUT2D eigenvalue weighted by Gasteiger charge is 2.06. The summed E-state index contributed by atoms with van der Waals surface area (Å²) >= 11 is 5.92. The van der Waals surface area contributed by atoms with Crippen molar-refractivity contribution in [3.8, 4) is 0 Å². The summed E-state index contributed by atoms with van der Waals surface area (Å²) in [5.74, 6) is 0. The molecule has 0 radical (unpaired) electrons. The van der Waals surface area contributed by atoms with E-state index in [-0.39, 0.29) is 0 Å².